The Balaban J connectivity index is 1.81. The number of nitrogens with zero attached hydrogens (tertiary/aromatic N) is 3. The van der Waals surface area contributed by atoms with Gasteiger partial charge in [-0.25, -0.2) is 12.8 Å². The molecule has 0 radical (unpaired) electrons. The second kappa shape index (κ2) is 8.60. The number of alkyl halides is 3. The molecule has 2 N–H and O–H groups in total. The fraction of sp³-hybridized carbons (Fsp3) is 0.182. The molecule has 4 aromatic rings. The summed E-state index contributed by atoms with van der Waals surface area (Å²) in [5.41, 5.74) is 0.379. The third-order valence-electron chi connectivity index (χ3n) is 5.15. The number of hydrogen-bond donors (Lipinski definition) is 2. The molecule has 178 valence electrons. The number of sulfone groups is 1. The molecule has 12 heteroatoms. The van der Waals surface area contributed by atoms with Gasteiger partial charge >= 0.3 is 6.18 Å². The quantitative estimate of drug-likeness (QED) is 0.389. The van der Waals surface area contributed by atoms with Gasteiger partial charge < -0.3 is 5.11 Å². The largest absolute Gasteiger partial charge is 0.493 e. The summed E-state index contributed by atoms with van der Waals surface area (Å²) in [6, 6.07) is 12.3. The lowest BCUT2D eigenvalue weighted by Crippen LogP contribution is -2.04. The van der Waals surface area contributed by atoms with E-state index >= 15 is 0 Å². The Morgan fingerprint density at radius 2 is 1.76 bits per heavy atom. The molecule has 0 aliphatic heterocycles. The molecule has 4 rings (SSSR count). The molecule has 34 heavy (non-hydrogen) atoms. The van der Waals surface area contributed by atoms with Crippen LogP contribution in [-0.2, 0) is 28.9 Å². The molecule has 2 aromatic heterocycles. The monoisotopic (exact) mass is 494 g/mol. The minimum Gasteiger partial charge on any atom is -0.493 e. The maximum atomic E-state index is 13.2. The van der Waals surface area contributed by atoms with Crippen LogP contribution in [-0.4, -0.2) is 39.8 Å². The predicted octanol–water partition coefficient (Wildman–Crippen LogP) is 4.31. The van der Waals surface area contributed by atoms with Crippen molar-refractivity contribution in [3.8, 4) is 23.0 Å². The summed E-state index contributed by atoms with van der Waals surface area (Å²) in [4.78, 5) is 0.0180. The van der Waals surface area contributed by atoms with Crippen molar-refractivity contribution in [1.82, 2.24) is 20.0 Å². The molecule has 7 nitrogen and oxygen atoms in total. The van der Waals surface area contributed by atoms with E-state index in [4.69, 9.17) is 0 Å². The van der Waals surface area contributed by atoms with E-state index in [1.165, 1.54) is 30.3 Å². The fourth-order valence-electron chi connectivity index (χ4n) is 3.43. The smallest absolute Gasteiger partial charge is 0.435 e. The van der Waals surface area contributed by atoms with E-state index in [1.807, 2.05) is 0 Å². The van der Waals surface area contributed by atoms with Crippen LogP contribution in [0.3, 0.4) is 0 Å². The Labute approximate surface area is 191 Å². The lowest BCUT2D eigenvalue weighted by Gasteiger charge is -2.06. The van der Waals surface area contributed by atoms with Crippen LogP contribution in [0.25, 0.3) is 17.1 Å². The Kier molecular flexibility index (Phi) is 5.94. The Morgan fingerprint density at radius 3 is 2.38 bits per heavy atom. The normalized spacial score (nSPS) is 12.3. The highest BCUT2D eigenvalue weighted by Gasteiger charge is 2.34. The zero-order valence-corrected chi connectivity index (χ0v) is 18.5. The second-order valence-corrected chi connectivity index (χ2v) is 9.64. The van der Waals surface area contributed by atoms with Crippen molar-refractivity contribution in [3.63, 3.8) is 0 Å². The van der Waals surface area contributed by atoms with E-state index in [0.717, 1.165) is 16.5 Å². The first-order valence-corrected chi connectivity index (χ1v) is 11.8. The number of benzene rings is 2. The van der Waals surface area contributed by atoms with Gasteiger partial charge in [0.25, 0.3) is 0 Å². The Hall–Kier alpha value is -3.67. The van der Waals surface area contributed by atoms with Crippen LogP contribution in [0.1, 0.15) is 16.8 Å². The Bertz CT molecular complexity index is 1440. The van der Waals surface area contributed by atoms with Gasteiger partial charge in [0.2, 0.25) is 5.88 Å². The molecule has 0 saturated carbocycles. The summed E-state index contributed by atoms with van der Waals surface area (Å²) in [6.45, 7) is 0. The molecule has 0 spiro atoms. The summed E-state index contributed by atoms with van der Waals surface area (Å²) >= 11 is 0. The molecular weight excluding hydrogens is 476 g/mol. The van der Waals surface area contributed by atoms with Gasteiger partial charge in [-0.1, -0.05) is 24.3 Å². The first-order valence-electron chi connectivity index (χ1n) is 9.92. The van der Waals surface area contributed by atoms with Gasteiger partial charge in [0, 0.05) is 23.4 Å². The standard InChI is InChI=1S/C22H18F4N4O3S/c1-34(32,33)16-4-2-3-14(11-16)20-17(10-7-13-5-8-15(23)9-6-13)21(31)30(29-20)19-12-18(27-28-19)22(24,25)26/h2-6,8-9,11-12,31H,7,10H2,1H3,(H,27,28). The van der Waals surface area contributed by atoms with E-state index in [-0.39, 0.29) is 28.4 Å². The topological polar surface area (TPSA) is 101 Å². The number of rotatable bonds is 6. The molecule has 0 aliphatic rings. The summed E-state index contributed by atoms with van der Waals surface area (Å²) in [6.07, 6.45) is -3.11. The zero-order chi connectivity index (χ0) is 24.7. The highest BCUT2D eigenvalue weighted by molar-refractivity contribution is 7.90. The summed E-state index contributed by atoms with van der Waals surface area (Å²) in [5, 5.41) is 20.6. The molecular formula is C22H18F4N4O3S. The van der Waals surface area contributed by atoms with Gasteiger partial charge in [0.1, 0.15) is 11.5 Å². The third kappa shape index (κ3) is 4.81. The van der Waals surface area contributed by atoms with E-state index in [2.05, 4.69) is 15.3 Å². The summed E-state index contributed by atoms with van der Waals surface area (Å²) in [7, 11) is -3.55. The fourth-order valence-corrected chi connectivity index (χ4v) is 4.10. The number of halogens is 4. The average Bonchev–Trinajstić information content (AvgIpc) is 3.38. The van der Waals surface area contributed by atoms with Crippen LogP contribution in [0, 0.1) is 5.82 Å². The number of H-pyrrole nitrogens is 1. The summed E-state index contributed by atoms with van der Waals surface area (Å²) < 4.78 is 77.1. The molecule has 0 saturated heterocycles. The number of nitrogens with one attached hydrogen (secondary N) is 1. The summed E-state index contributed by atoms with van der Waals surface area (Å²) in [5.74, 6) is -1.06. The van der Waals surface area contributed by atoms with E-state index < -0.39 is 33.4 Å². The van der Waals surface area contributed by atoms with Crippen molar-refractivity contribution in [2.75, 3.05) is 6.26 Å². The van der Waals surface area contributed by atoms with E-state index in [0.29, 0.717) is 18.1 Å². The van der Waals surface area contributed by atoms with Crippen LogP contribution < -0.4 is 0 Å². The Morgan fingerprint density at radius 1 is 1.06 bits per heavy atom. The minimum absolute atomic E-state index is 0.0180. The number of aromatic nitrogens is 4. The molecule has 0 unspecified atom stereocenters. The molecule has 0 atom stereocenters. The van der Waals surface area contributed by atoms with E-state index in [1.54, 1.807) is 18.2 Å². The molecule has 0 bridgehead atoms. The van der Waals surface area contributed by atoms with Gasteiger partial charge in [0.15, 0.2) is 21.3 Å². The maximum Gasteiger partial charge on any atom is 0.435 e. The van der Waals surface area contributed by atoms with Gasteiger partial charge in [-0.2, -0.15) is 28.1 Å². The highest BCUT2D eigenvalue weighted by Crippen LogP contribution is 2.35. The molecule has 2 heterocycles. The number of hydrogen-bond acceptors (Lipinski definition) is 5. The minimum atomic E-state index is -4.70. The van der Waals surface area contributed by atoms with Crippen LogP contribution in [0.2, 0.25) is 0 Å². The first kappa shape index (κ1) is 23.5. The maximum absolute atomic E-state index is 13.2. The van der Waals surface area contributed by atoms with Crippen LogP contribution in [0.5, 0.6) is 5.88 Å². The lowest BCUT2D eigenvalue weighted by atomic mass is 10.0. The van der Waals surface area contributed by atoms with Crippen molar-refractivity contribution in [1.29, 1.82) is 0 Å². The molecule has 0 amide bonds. The van der Waals surface area contributed by atoms with Crippen molar-refractivity contribution >= 4 is 9.84 Å². The molecule has 0 aliphatic carbocycles. The number of aromatic amines is 1. The van der Waals surface area contributed by atoms with Gasteiger partial charge in [-0.05, 0) is 42.7 Å². The predicted molar refractivity (Wildman–Crippen MR) is 115 cm³/mol. The number of aryl methyl sites for hydroxylation is 1. The number of aromatic hydroxyl groups is 1. The van der Waals surface area contributed by atoms with Crippen molar-refractivity contribution in [2.45, 2.75) is 23.9 Å². The van der Waals surface area contributed by atoms with Crippen LogP contribution >= 0.6 is 0 Å². The van der Waals surface area contributed by atoms with Crippen molar-refractivity contribution in [2.24, 2.45) is 0 Å². The highest BCUT2D eigenvalue weighted by atomic mass is 32.2. The van der Waals surface area contributed by atoms with E-state index in [9.17, 15) is 31.1 Å². The average molecular weight is 494 g/mol. The lowest BCUT2D eigenvalue weighted by molar-refractivity contribution is -0.141. The van der Waals surface area contributed by atoms with Gasteiger partial charge in [-0.3, -0.25) is 5.10 Å². The molecule has 0 fully saturated rings. The first-order chi connectivity index (χ1) is 15.9. The van der Waals surface area contributed by atoms with Crippen LogP contribution in [0.15, 0.2) is 59.5 Å². The van der Waals surface area contributed by atoms with Crippen LogP contribution in [0.4, 0.5) is 17.6 Å². The van der Waals surface area contributed by atoms with Crippen molar-refractivity contribution in [3.05, 3.63) is 77.2 Å². The van der Waals surface area contributed by atoms with Crippen molar-refractivity contribution < 1.29 is 31.1 Å². The zero-order valence-electron chi connectivity index (χ0n) is 17.6. The van der Waals surface area contributed by atoms with Gasteiger partial charge in [0.05, 0.1) is 4.90 Å². The van der Waals surface area contributed by atoms with Gasteiger partial charge in [-0.15, -0.1) is 0 Å². The third-order valence-corrected chi connectivity index (χ3v) is 6.26. The SMILES string of the molecule is CS(=O)(=O)c1cccc(-c2nn(-c3cc(C(F)(F)F)n[nH]3)c(O)c2CCc2ccc(F)cc2)c1. The molecule has 2 aromatic carbocycles. The second-order valence-electron chi connectivity index (χ2n) is 7.63.